The molecule has 0 saturated carbocycles. The lowest BCUT2D eigenvalue weighted by molar-refractivity contribution is 0.0846. The number of halogens is 1. The third-order valence-electron chi connectivity index (χ3n) is 3.86. The monoisotopic (exact) mass is 393 g/mol. The summed E-state index contributed by atoms with van der Waals surface area (Å²) in [5.74, 6) is -1.70. The number of carbonyl (C=O) groups excluding carboxylic acids is 2. The van der Waals surface area contributed by atoms with Crippen LogP contribution in [0.4, 0.5) is 4.39 Å². The molecule has 2 rings (SSSR count). The van der Waals surface area contributed by atoms with E-state index in [0.717, 1.165) is 12.1 Å². The van der Waals surface area contributed by atoms with Gasteiger partial charge in [0.15, 0.2) is 0 Å². The van der Waals surface area contributed by atoms with Crippen molar-refractivity contribution in [3.63, 3.8) is 0 Å². The van der Waals surface area contributed by atoms with E-state index in [9.17, 15) is 22.4 Å². The maximum atomic E-state index is 12.9. The van der Waals surface area contributed by atoms with Gasteiger partial charge < -0.3 is 0 Å². The third kappa shape index (κ3) is 4.89. The summed E-state index contributed by atoms with van der Waals surface area (Å²) in [6.07, 6.45) is 0. The van der Waals surface area contributed by atoms with Gasteiger partial charge in [0.1, 0.15) is 5.82 Å². The highest BCUT2D eigenvalue weighted by atomic mass is 32.2. The Bertz CT molecular complexity index is 909. The maximum absolute atomic E-state index is 12.9. The molecule has 0 aliphatic heterocycles. The summed E-state index contributed by atoms with van der Waals surface area (Å²) in [6.45, 7) is 4.17. The molecule has 0 aliphatic carbocycles. The highest BCUT2D eigenvalue weighted by Gasteiger charge is 2.21. The molecule has 2 aromatic carbocycles. The summed E-state index contributed by atoms with van der Waals surface area (Å²) in [5, 5.41) is 0. The summed E-state index contributed by atoms with van der Waals surface area (Å²) in [7, 11) is -3.61. The Morgan fingerprint density at radius 3 is 1.67 bits per heavy atom. The third-order valence-corrected chi connectivity index (χ3v) is 5.92. The van der Waals surface area contributed by atoms with Gasteiger partial charge in [-0.05, 0) is 48.5 Å². The number of carbonyl (C=O) groups is 2. The molecule has 144 valence electrons. The Morgan fingerprint density at radius 1 is 0.852 bits per heavy atom. The van der Waals surface area contributed by atoms with Crippen LogP contribution in [0.3, 0.4) is 0 Å². The van der Waals surface area contributed by atoms with Gasteiger partial charge in [0, 0.05) is 24.2 Å². The molecule has 0 radical (unpaired) electrons. The molecule has 2 aromatic rings. The molecule has 0 bridgehead atoms. The second-order valence-electron chi connectivity index (χ2n) is 5.53. The van der Waals surface area contributed by atoms with E-state index in [0.29, 0.717) is 13.1 Å². The average molecular weight is 393 g/mol. The number of hydrogen-bond donors (Lipinski definition) is 2. The first-order valence-corrected chi connectivity index (χ1v) is 9.70. The highest BCUT2D eigenvalue weighted by Crippen LogP contribution is 2.16. The lowest BCUT2D eigenvalue weighted by Crippen LogP contribution is -2.41. The van der Waals surface area contributed by atoms with Gasteiger partial charge in [0.05, 0.1) is 4.90 Å². The van der Waals surface area contributed by atoms with Crippen LogP contribution in [0.5, 0.6) is 0 Å². The zero-order valence-electron chi connectivity index (χ0n) is 14.9. The first-order chi connectivity index (χ1) is 12.8. The fourth-order valence-corrected chi connectivity index (χ4v) is 3.81. The standard InChI is InChI=1S/C18H20FN3O4S/c1-3-22(4-2)27(25,26)16-11-7-14(8-12-16)18(24)21-20-17(23)13-5-9-15(19)10-6-13/h5-12H,3-4H2,1-2H3,(H,20,23)(H,21,24). The van der Waals surface area contributed by atoms with E-state index in [2.05, 4.69) is 10.9 Å². The van der Waals surface area contributed by atoms with E-state index in [1.165, 1.54) is 40.7 Å². The van der Waals surface area contributed by atoms with E-state index in [1.54, 1.807) is 13.8 Å². The molecular weight excluding hydrogens is 373 g/mol. The topological polar surface area (TPSA) is 95.6 Å². The van der Waals surface area contributed by atoms with Crippen LogP contribution in [0.15, 0.2) is 53.4 Å². The minimum Gasteiger partial charge on any atom is -0.267 e. The summed E-state index contributed by atoms with van der Waals surface area (Å²) in [4.78, 5) is 24.1. The Morgan fingerprint density at radius 2 is 1.26 bits per heavy atom. The number of amides is 2. The first kappa shape index (κ1) is 20.5. The van der Waals surface area contributed by atoms with E-state index in [1.807, 2.05) is 0 Å². The van der Waals surface area contributed by atoms with Crippen molar-refractivity contribution >= 4 is 21.8 Å². The number of nitrogens with one attached hydrogen (secondary N) is 2. The predicted molar refractivity (Wildman–Crippen MR) is 97.9 cm³/mol. The zero-order chi connectivity index (χ0) is 20.0. The van der Waals surface area contributed by atoms with Gasteiger partial charge in [-0.3, -0.25) is 20.4 Å². The minimum absolute atomic E-state index is 0.0816. The minimum atomic E-state index is -3.61. The Balaban J connectivity index is 2.03. The fraction of sp³-hybridized carbons (Fsp3) is 0.222. The Kier molecular flexibility index (Phi) is 6.65. The van der Waals surface area contributed by atoms with Crippen LogP contribution in [-0.4, -0.2) is 37.6 Å². The molecule has 0 fully saturated rings. The molecule has 0 unspecified atom stereocenters. The average Bonchev–Trinajstić information content (AvgIpc) is 2.67. The number of nitrogens with zero attached hydrogens (tertiary/aromatic N) is 1. The number of sulfonamides is 1. The van der Waals surface area contributed by atoms with Gasteiger partial charge in [0.25, 0.3) is 11.8 Å². The molecule has 9 heteroatoms. The van der Waals surface area contributed by atoms with E-state index < -0.39 is 27.7 Å². The summed E-state index contributed by atoms with van der Waals surface area (Å²) >= 11 is 0. The van der Waals surface area contributed by atoms with Gasteiger partial charge in [-0.1, -0.05) is 13.8 Å². The summed E-state index contributed by atoms with van der Waals surface area (Å²) < 4.78 is 39.0. The van der Waals surface area contributed by atoms with Crippen molar-refractivity contribution in [3.05, 3.63) is 65.5 Å². The number of rotatable bonds is 6. The molecule has 27 heavy (non-hydrogen) atoms. The smallest absolute Gasteiger partial charge is 0.267 e. The largest absolute Gasteiger partial charge is 0.269 e. The van der Waals surface area contributed by atoms with Gasteiger partial charge in [0.2, 0.25) is 10.0 Å². The molecule has 7 nitrogen and oxygen atoms in total. The number of hydrazine groups is 1. The van der Waals surface area contributed by atoms with Gasteiger partial charge in [-0.15, -0.1) is 0 Å². The quantitative estimate of drug-likeness (QED) is 0.733. The van der Waals surface area contributed by atoms with Crippen LogP contribution in [0.1, 0.15) is 34.6 Å². The van der Waals surface area contributed by atoms with Crippen LogP contribution in [0.2, 0.25) is 0 Å². The van der Waals surface area contributed by atoms with Crippen LogP contribution >= 0.6 is 0 Å². The summed E-state index contributed by atoms with van der Waals surface area (Å²) in [6, 6.07) is 10.2. The number of benzene rings is 2. The molecule has 2 N–H and O–H groups in total. The zero-order valence-corrected chi connectivity index (χ0v) is 15.7. The lowest BCUT2D eigenvalue weighted by Gasteiger charge is -2.18. The fourth-order valence-electron chi connectivity index (χ4n) is 2.35. The molecule has 0 atom stereocenters. The predicted octanol–water partition coefficient (Wildman–Crippen LogP) is 1.93. The van der Waals surface area contributed by atoms with Crippen molar-refractivity contribution in [2.45, 2.75) is 18.7 Å². The van der Waals surface area contributed by atoms with Gasteiger partial charge >= 0.3 is 0 Å². The van der Waals surface area contributed by atoms with Crippen molar-refractivity contribution in [2.75, 3.05) is 13.1 Å². The molecule has 0 aromatic heterocycles. The maximum Gasteiger partial charge on any atom is 0.269 e. The second kappa shape index (κ2) is 8.74. The van der Waals surface area contributed by atoms with E-state index >= 15 is 0 Å². The van der Waals surface area contributed by atoms with Crippen LogP contribution in [0.25, 0.3) is 0 Å². The van der Waals surface area contributed by atoms with Gasteiger partial charge in [-0.2, -0.15) is 4.31 Å². The molecule has 2 amide bonds. The SMILES string of the molecule is CCN(CC)S(=O)(=O)c1ccc(C(=O)NNC(=O)c2ccc(F)cc2)cc1. The molecule has 0 saturated heterocycles. The highest BCUT2D eigenvalue weighted by molar-refractivity contribution is 7.89. The number of hydrogen-bond acceptors (Lipinski definition) is 4. The normalized spacial score (nSPS) is 11.3. The van der Waals surface area contributed by atoms with Crippen molar-refractivity contribution in [1.82, 2.24) is 15.2 Å². The van der Waals surface area contributed by atoms with Crippen LogP contribution in [0, 0.1) is 5.82 Å². The van der Waals surface area contributed by atoms with Crippen molar-refractivity contribution < 1.29 is 22.4 Å². The lowest BCUT2D eigenvalue weighted by atomic mass is 10.2. The van der Waals surface area contributed by atoms with Gasteiger partial charge in [-0.25, -0.2) is 12.8 Å². The molecule has 0 spiro atoms. The second-order valence-corrected chi connectivity index (χ2v) is 7.47. The molecule has 0 heterocycles. The first-order valence-electron chi connectivity index (χ1n) is 8.26. The van der Waals surface area contributed by atoms with E-state index in [4.69, 9.17) is 0 Å². The van der Waals surface area contributed by atoms with Crippen LogP contribution < -0.4 is 10.9 Å². The van der Waals surface area contributed by atoms with Crippen molar-refractivity contribution in [1.29, 1.82) is 0 Å². The van der Waals surface area contributed by atoms with Crippen molar-refractivity contribution in [3.8, 4) is 0 Å². The van der Waals surface area contributed by atoms with E-state index in [-0.39, 0.29) is 16.0 Å². The van der Waals surface area contributed by atoms with Crippen LogP contribution in [-0.2, 0) is 10.0 Å². The Hall–Kier alpha value is -2.78. The Labute approximate surface area is 157 Å². The molecule has 0 aliphatic rings. The molecular formula is C18H20FN3O4S. The van der Waals surface area contributed by atoms with Crippen molar-refractivity contribution in [2.24, 2.45) is 0 Å². The summed E-state index contributed by atoms with van der Waals surface area (Å²) in [5.41, 5.74) is 4.79.